The maximum Gasteiger partial charge on any atom is 0.246 e. The molecule has 158 valence electrons. The van der Waals surface area contributed by atoms with E-state index < -0.39 is 10.0 Å². The van der Waals surface area contributed by atoms with Crippen molar-refractivity contribution in [3.63, 3.8) is 0 Å². The topological polar surface area (TPSA) is 93.5 Å². The third-order valence-electron chi connectivity index (χ3n) is 4.98. The molecule has 2 aromatic rings. The molecule has 0 unspecified atom stereocenters. The van der Waals surface area contributed by atoms with E-state index in [1.54, 1.807) is 36.7 Å². The molecule has 0 radical (unpaired) electrons. The average Bonchev–Trinajstić information content (AvgIpc) is 2.98. The van der Waals surface area contributed by atoms with Crippen LogP contribution in [-0.2, 0) is 26.1 Å². The zero-order valence-electron chi connectivity index (χ0n) is 16.7. The van der Waals surface area contributed by atoms with Crippen LogP contribution in [0.15, 0.2) is 23.1 Å². The van der Waals surface area contributed by atoms with Gasteiger partial charge in [0.15, 0.2) is 0 Å². The molecular weight excluding hydrogens is 416 g/mol. The highest BCUT2D eigenvalue weighted by Crippen LogP contribution is 2.25. The van der Waals surface area contributed by atoms with Gasteiger partial charge in [-0.25, -0.2) is 8.42 Å². The molecule has 1 N–H and O–H groups in total. The van der Waals surface area contributed by atoms with E-state index in [9.17, 15) is 13.2 Å². The molecule has 0 saturated carbocycles. The summed E-state index contributed by atoms with van der Waals surface area (Å²) in [6.45, 7) is 6.92. The van der Waals surface area contributed by atoms with Gasteiger partial charge in [-0.05, 0) is 38.5 Å². The van der Waals surface area contributed by atoms with Gasteiger partial charge in [-0.3, -0.25) is 9.48 Å². The van der Waals surface area contributed by atoms with Crippen LogP contribution in [0.3, 0.4) is 0 Å². The van der Waals surface area contributed by atoms with Crippen molar-refractivity contribution in [1.82, 2.24) is 14.1 Å². The van der Waals surface area contributed by atoms with E-state index in [1.807, 2.05) is 6.92 Å². The van der Waals surface area contributed by atoms with Gasteiger partial charge in [0.2, 0.25) is 15.9 Å². The van der Waals surface area contributed by atoms with E-state index in [4.69, 9.17) is 16.3 Å². The molecule has 3 rings (SSSR count). The summed E-state index contributed by atoms with van der Waals surface area (Å²) in [6.07, 6.45) is 0.158. The number of amides is 1. The molecular formula is C19H25ClN4O4S. The van der Waals surface area contributed by atoms with E-state index in [-0.39, 0.29) is 23.8 Å². The number of nitrogens with one attached hydrogen (secondary N) is 1. The molecule has 1 fully saturated rings. The molecule has 29 heavy (non-hydrogen) atoms. The molecule has 2 heterocycles. The molecule has 1 saturated heterocycles. The van der Waals surface area contributed by atoms with Crippen LogP contribution in [-0.4, -0.2) is 54.7 Å². The first-order chi connectivity index (χ1) is 13.7. The molecule has 1 aromatic carbocycles. The second kappa shape index (κ2) is 8.83. The van der Waals surface area contributed by atoms with Crippen molar-refractivity contribution in [2.24, 2.45) is 0 Å². The fourth-order valence-corrected chi connectivity index (χ4v) is 5.31. The Morgan fingerprint density at radius 3 is 2.62 bits per heavy atom. The largest absolute Gasteiger partial charge is 0.379 e. The van der Waals surface area contributed by atoms with Crippen LogP contribution in [0, 0.1) is 20.8 Å². The summed E-state index contributed by atoms with van der Waals surface area (Å²) in [5.41, 5.74) is 2.42. The standard InChI is InChI=1S/C19H25ClN4O4S/c1-13-16(20)5-4-6-17(13)21-18(25)7-8-24-15(3)19(14(2)22-24)29(26,27)23-9-11-28-12-10-23/h4-6H,7-12H2,1-3H3,(H,21,25). The number of carbonyl (C=O) groups excluding carboxylic acids is 1. The number of ether oxygens (including phenoxy) is 1. The number of morpholine rings is 1. The van der Waals surface area contributed by atoms with Crippen LogP contribution in [0.2, 0.25) is 5.02 Å². The number of anilines is 1. The second-order valence-corrected chi connectivity index (χ2v) is 9.23. The van der Waals surface area contributed by atoms with Gasteiger partial charge in [-0.15, -0.1) is 0 Å². The van der Waals surface area contributed by atoms with Gasteiger partial charge in [-0.1, -0.05) is 17.7 Å². The number of halogens is 1. The van der Waals surface area contributed by atoms with E-state index in [0.29, 0.717) is 48.4 Å². The summed E-state index contributed by atoms with van der Waals surface area (Å²) in [4.78, 5) is 12.6. The number of aromatic nitrogens is 2. The Morgan fingerprint density at radius 1 is 1.24 bits per heavy atom. The van der Waals surface area contributed by atoms with Crippen LogP contribution in [0.25, 0.3) is 0 Å². The van der Waals surface area contributed by atoms with Crippen molar-refractivity contribution in [3.05, 3.63) is 40.2 Å². The van der Waals surface area contributed by atoms with Gasteiger partial charge >= 0.3 is 0 Å². The van der Waals surface area contributed by atoms with E-state index >= 15 is 0 Å². The van der Waals surface area contributed by atoms with Gasteiger partial charge in [-0.2, -0.15) is 9.40 Å². The van der Waals surface area contributed by atoms with Gasteiger partial charge < -0.3 is 10.1 Å². The van der Waals surface area contributed by atoms with Gasteiger partial charge in [0.05, 0.1) is 31.1 Å². The molecule has 1 amide bonds. The fourth-order valence-electron chi connectivity index (χ4n) is 3.35. The van der Waals surface area contributed by atoms with Crippen molar-refractivity contribution < 1.29 is 17.9 Å². The summed E-state index contributed by atoms with van der Waals surface area (Å²) < 4.78 is 34.3. The monoisotopic (exact) mass is 440 g/mol. The zero-order valence-corrected chi connectivity index (χ0v) is 18.3. The third-order valence-corrected chi connectivity index (χ3v) is 7.54. The Kier molecular flexibility index (Phi) is 6.62. The minimum atomic E-state index is -3.65. The van der Waals surface area contributed by atoms with E-state index in [2.05, 4.69) is 10.4 Å². The summed E-state index contributed by atoms with van der Waals surface area (Å²) in [5.74, 6) is -0.194. The van der Waals surface area contributed by atoms with Crippen molar-refractivity contribution >= 4 is 33.2 Å². The fraction of sp³-hybridized carbons (Fsp3) is 0.474. The van der Waals surface area contributed by atoms with Crippen LogP contribution < -0.4 is 5.32 Å². The predicted octanol–water partition coefficient (Wildman–Crippen LogP) is 2.51. The molecule has 0 bridgehead atoms. The number of hydrogen-bond acceptors (Lipinski definition) is 5. The number of aryl methyl sites for hydroxylation is 2. The molecule has 0 aliphatic carbocycles. The summed E-state index contributed by atoms with van der Waals surface area (Å²) >= 11 is 6.08. The Bertz CT molecular complexity index is 1010. The highest BCUT2D eigenvalue weighted by molar-refractivity contribution is 7.89. The van der Waals surface area contributed by atoms with Gasteiger partial charge in [0.1, 0.15) is 4.90 Å². The molecule has 0 spiro atoms. The van der Waals surface area contributed by atoms with Crippen LogP contribution in [0.5, 0.6) is 0 Å². The first kappa shape index (κ1) is 21.8. The molecule has 10 heteroatoms. The maximum atomic E-state index is 13.0. The number of hydrogen-bond donors (Lipinski definition) is 1. The highest BCUT2D eigenvalue weighted by Gasteiger charge is 2.32. The Morgan fingerprint density at radius 2 is 1.93 bits per heavy atom. The van der Waals surface area contributed by atoms with Crippen LogP contribution in [0.4, 0.5) is 5.69 Å². The van der Waals surface area contributed by atoms with E-state index in [0.717, 1.165) is 5.56 Å². The lowest BCUT2D eigenvalue weighted by Gasteiger charge is -2.26. The predicted molar refractivity (Wildman–Crippen MR) is 111 cm³/mol. The molecule has 0 atom stereocenters. The first-order valence-electron chi connectivity index (χ1n) is 9.38. The number of rotatable bonds is 6. The SMILES string of the molecule is Cc1nn(CCC(=O)Nc2cccc(Cl)c2C)c(C)c1S(=O)(=O)N1CCOCC1. The third kappa shape index (κ3) is 4.63. The Labute approximate surface area is 175 Å². The summed E-state index contributed by atoms with van der Waals surface area (Å²) in [5, 5.41) is 7.78. The average molecular weight is 441 g/mol. The Balaban J connectivity index is 1.72. The quantitative estimate of drug-likeness (QED) is 0.744. The normalized spacial score (nSPS) is 15.4. The van der Waals surface area contributed by atoms with E-state index in [1.165, 1.54) is 4.31 Å². The smallest absolute Gasteiger partial charge is 0.246 e. The lowest BCUT2D eigenvalue weighted by atomic mass is 10.2. The summed E-state index contributed by atoms with van der Waals surface area (Å²) in [6, 6.07) is 5.32. The van der Waals surface area contributed by atoms with Crippen LogP contribution >= 0.6 is 11.6 Å². The lowest BCUT2D eigenvalue weighted by molar-refractivity contribution is -0.116. The number of benzene rings is 1. The van der Waals surface area contributed by atoms with Crippen LogP contribution in [0.1, 0.15) is 23.4 Å². The van der Waals surface area contributed by atoms with Crippen molar-refractivity contribution in [2.45, 2.75) is 38.6 Å². The number of carbonyl (C=O) groups is 1. The zero-order chi connectivity index (χ0) is 21.2. The molecule has 1 aromatic heterocycles. The minimum Gasteiger partial charge on any atom is -0.379 e. The van der Waals surface area contributed by atoms with Crippen molar-refractivity contribution in [1.29, 1.82) is 0 Å². The minimum absolute atomic E-state index is 0.158. The molecule has 1 aliphatic rings. The first-order valence-corrected chi connectivity index (χ1v) is 11.2. The second-order valence-electron chi connectivity index (χ2n) is 6.95. The Hall–Kier alpha value is -1.94. The van der Waals surface area contributed by atoms with Gasteiger partial charge in [0.25, 0.3) is 0 Å². The van der Waals surface area contributed by atoms with Crippen molar-refractivity contribution in [3.8, 4) is 0 Å². The lowest BCUT2D eigenvalue weighted by Crippen LogP contribution is -2.41. The number of sulfonamides is 1. The maximum absolute atomic E-state index is 13.0. The molecule has 8 nitrogen and oxygen atoms in total. The van der Waals surface area contributed by atoms with Crippen molar-refractivity contribution in [2.75, 3.05) is 31.6 Å². The summed E-state index contributed by atoms with van der Waals surface area (Å²) in [7, 11) is -3.65. The highest BCUT2D eigenvalue weighted by atomic mass is 35.5. The molecule has 1 aliphatic heterocycles. The number of nitrogens with zero attached hydrogens (tertiary/aromatic N) is 3. The van der Waals surface area contributed by atoms with Gasteiger partial charge in [0, 0.05) is 30.2 Å².